The quantitative estimate of drug-likeness (QED) is 0.417. The molecule has 1 fully saturated rings. The van der Waals surface area contributed by atoms with Gasteiger partial charge in [0.05, 0.1) is 6.10 Å². The number of aliphatic hydroxyl groups is 1. The van der Waals surface area contributed by atoms with E-state index in [1.807, 2.05) is 0 Å². The van der Waals surface area contributed by atoms with Gasteiger partial charge in [0.2, 0.25) is 0 Å². The highest BCUT2D eigenvalue weighted by atomic mass is 28.4. The third kappa shape index (κ3) is 6.31. The van der Waals surface area contributed by atoms with E-state index in [4.69, 9.17) is 4.43 Å². The molecule has 0 unspecified atom stereocenters. The Bertz CT molecular complexity index is 389. The maximum atomic E-state index is 10.3. The van der Waals surface area contributed by atoms with Crippen molar-refractivity contribution in [3.63, 3.8) is 0 Å². The summed E-state index contributed by atoms with van der Waals surface area (Å²) in [6, 6.07) is 0. The maximum absolute atomic E-state index is 10.3. The Morgan fingerprint density at radius 1 is 1.17 bits per heavy atom. The molecule has 1 saturated carbocycles. The lowest BCUT2D eigenvalue weighted by Gasteiger charge is -2.40. The molecule has 2 nitrogen and oxygen atoms in total. The molecule has 3 heteroatoms. The highest BCUT2D eigenvalue weighted by molar-refractivity contribution is 6.74. The van der Waals surface area contributed by atoms with E-state index in [9.17, 15) is 5.11 Å². The van der Waals surface area contributed by atoms with Crippen molar-refractivity contribution in [3.8, 4) is 0 Å². The zero-order valence-electron chi connectivity index (χ0n) is 17.3. The van der Waals surface area contributed by atoms with Gasteiger partial charge in [0.1, 0.15) is 0 Å². The van der Waals surface area contributed by atoms with Crippen LogP contribution in [-0.4, -0.2) is 26.1 Å². The van der Waals surface area contributed by atoms with Gasteiger partial charge in [-0.15, -0.1) is 0 Å². The summed E-state index contributed by atoms with van der Waals surface area (Å²) in [5.74, 6) is 1.39. The molecule has 0 aliphatic heterocycles. The summed E-state index contributed by atoms with van der Waals surface area (Å²) in [6.07, 6.45) is 7.07. The van der Waals surface area contributed by atoms with E-state index in [2.05, 4.69) is 54.3 Å². The van der Waals surface area contributed by atoms with Crippen LogP contribution in [-0.2, 0) is 4.43 Å². The van der Waals surface area contributed by atoms with Gasteiger partial charge < -0.3 is 9.53 Å². The fourth-order valence-corrected chi connectivity index (χ4v) is 4.32. The van der Waals surface area contributed by atoms with E-state index in [0.29, 0.717) is 11.8 Å². The van der Waals surface area contributed by atoms with Crippen molar-refractivity contribution >= 4 is 8.32 Å². The number of aliphatic hydroxyl groups excluding tert-OH is 1. The second kappa shape index (κ2) is 9.00. The van der Waals surface area contributed by atoms with Crippen molar-refractivity contribution < 1.29 is 9.53 Å². The van der Waals surface area contributed by atoms with E-state index in [1.165, 1.54) is 37.7 Å². The van der Waals surface area contributed by atoms with Crippen molar-refractivity contribution in [1.82, 2.24) is 0 Å². The van der Waals surface area contributed by atoms with Crippen LogP contribution in [0.4, 0.5) is 0 Å². The molecular formula is C21H42O2Si. The molecule has 0 spiro atoms. The minimum Gasteiger partial charge on any atom is -0.416 e. The number of hydrogen-bond acceptors (Lipinski definition) is 2. The van der Waals surface area contributed by atoms with Gasteiger partial charge in [-0.25, -0.2) is 0 Å². The Hall–Kier alpha value is -0.123. The number of rotatable bonds is 8. The lowest BCUT2D eigenvalue weighted by atomic mass is 9.76. The molecule has 1 aliphatic carbocycles. The average Bonchev–Trinajstić information content (AvgIpc) is 2.47. The van der Waals surface area contributed by atoms with E-state index in [0.717, 1.165) is 13.0 Å². The van der Waals surface area contributed by atoms with Crippen LogP contribution >= 0.6 is 0 Å². The lowest BCUT2D eigenvalue weighted by molar-refractivity contribution is 0.112. The van der Waals surface area contributed by atoms with Crippen LogP contribution in [0, 0.1) is 17.8 Å². The van der Waals surface area contributed by atoms with Crippen LogP contribution in [0.15, 0.2) is 12.2 Å². The molecule has 2 atom stereocenters. The van der Waals surface area contributed by atoms with Gasteiger partial charge in [0.25, 0.3) is 0 Å². The molecule has 1 rings (SSSR count). The van der Waals surface area contributed by atoms with Gasteiger partial charge in [-0.3, -0.25) is 0 Å². The Balaban J connectivity index is 2.79. The average molecular weight is 355 g/mol. The molecule has 0 amide bonds. The van der Waals surface area contributed by atoms with Crippen molar-refractivity contribution in [2.45, 2.75) is 97.4 Å². The summed E-state index contributed by atoms with van der Waals surface area (Å²) < 4.78 is 6.57. The molecule has 0 heterocycles. The second-order valence-electron chi connectivity index (χ2n) is 9.75. The molecule has 0 aromatic rings. The van der Waals surface area contributed by atoms with E-state index in [-0.39, 0.29) is 17.1 Å². The first-order valence-corrected chi connectivity index (χ1v) is 12.9. The Labute approximate surface area is 152 Å². The normalized spacial score (nSPS) is 20.2. The van der Waals surface area contributed by atoms with E-state index >= 15 is 0 Å². The van der Waals surface area contributed by atoms with Gasteiger partial charge in [-0.1, -0.05) is 66.0 Å². The Morgan fingerprint density at radius 2 is 1.71 bits per heavy atom. The molecule has 1 N–H and O–H groups in total. The summed E-state index contributed by atoms with van der Waals surface area (Å²) in [5, 5.41) is 10.5. The summed E-state index contributed by atoms with van der Waals surface area (Å²) in [6.45, 7) is 20.9. The second-order valence-corrected chi connectivity index (χ2v) is 14.6. The lowest BCUT2D eigenvalue weighted by Crippen LogP contribution is -2.43. The van der Waals surface area contributed by atoms with Gasteiger partial charge in [-0.2, -0.15) is 0 Å². The zero-order valence-corrected chi connectivity index (χ0v) is 18.3. The van der Waals surface area contributed by atoms with Crippen LogP contribution in [0.2, 0.25) is 18.1 Å². The molecular weight excluding hydrogens is 312 g/mol. The van der Waals surface area contributed by atoms with Crippen LogP contribution in [0.5, 0.6) is 0 Å². The van der Waals surface area contributed by atoms with Gasteiger partial charge in [-0.05, 0) is 49.2 Å². The highest BCUT2D eigenvalue weighted by Crippen LogP contribution is 2.40. The zero-order chi connectivity index (χ0) is 18.5. The first-order chi connectivity index (χ1) is 11.0. The predicted octanol–water partition coefficient (Wildman–Crippen LogP) is 6.17. The third-order valence-corrected chi connectivity index (χ3v) is 10.9. The molecule has 24 heavy (non-hydrogen) atoms. The van der Waals surface area contributed by atoms with Gasteiger partial charge in [0, 0.05) is 12.5 Å². The summed E-state index contributed by atoms with van der Waals surface area (Å²) in [4.78, 5) is 0. The fourth-order valence-electron chi connectivity index (χ4n) is 3.29. The van der Waals surface area contributed by atoms with Gasteiger partial charge in [0.15, 0.2) is 8.32 Å². The van der Waals surface area contributed by atoms with Crippen molar-refractivity contribution in [3.05, 3.63) is 12.2 Å². The van der Waals surface area contributed by atoms with Crippen molar-refractivity contribution in [2.75, 3.05) is 6.61 Å². The molecule has 0 bridgehead atoms. The van der Waals surface area contributed by atoms with E-state index < -0.39 is 8.32 Å². The van der Waals surface area contributed by atoms with Crippen molar-refractivity contribution in [2.24, 2.45) is 17.8 Å². The predicted molar refractivity (Wildman–Crippen MR) is 108 cm³/mol. The first kappa shape index (κ1) is 21.9. The van der Waals surface area contributed by atoms with Gasteiger partial charge >= 0.3 is 0 Å². The molecule has 0 radical (unpaired) electrons. The summed E-state index contributed by atoms with van der Waals surface area (Å²) in [5.41, 5.74) is 1.21. The molecule has 0 aromatic carbocycles. The minimum atomic E-state index is -1.74. The minimum absolute atomic E-state index is 0.239. The topological polar surface area (TPSA) is 29.5 Å². The third-order valence-electron chi connectivity index (χ3n) is 6.41. The fraction of sp³-hybridized carbons (Fsp3) is 0.905. The van der Waals surface area contributed by atoms with Crippen LogP contribution < -0.4 is 0 Å². The smallest absolute Gasteiger partial charge is 0.192 e. The van der Waals surface area contributed by atoms with Crippen LogP contribution in [0.25, 0.3) is 0 Å². The van der Waals surface area contributed by atoms with Crippen LogP contribution in [0.1, 0.15) is 73.1 Å². The Kier molecular flexibility index (Phi) is 8.22. The van der Waals surface area contributed by atoms with Crippen LogP contribution in [0.3, 0.4) is 0 Å². The maximum Gasteiger partial charge on any atom is 0.192 e. The standard InChI is InChI=1S/C21H42O2Si/c1-16(2)20(22)14-17(3)19(18-12-10-9-11-13-18)15-23-24(7,8)21(4,5)6/h16,18-20,22H,3,9-15H2,1-2,4-8H3/t19-,20-/m1/s1. The molecule has 0 aromatic heterocycles. The molecule has 142 valence electrons. The molecule has 1 aliphatic rings. The highest BCUT2D eigenvalue weighted by Gasteiger charge is 2.38. The largest absolute Gasteiger partial charge is 0.416 e. The molecule has 0 saturated heterocycles. The summed E-state index contributed by atoms with van der Waals surface area (Å²) >= 11 is 0. The Morgan fingerprint density at radius 3 is 2.17 bits per heavy atom. The van der Waals surface area contributed by atoms with E-state index in [1.54, 1.807) is 0 Å². The SMILES string of the molecule is C=C(C[C@@H](O)C(C)C)[C@@H](CO[Si](C)(C)C(C)(C)C)C1CCCCC1. The van der Waals surface area contributed by atoms with Crippen molar-refractivity contribution in [1.29, 1.82) is 0 Å². The first-order valence-electron chi connectivity index (χ1n) is 9.95. The monoisotopic (exact) mass is 354 g/mol. The summed E-state index contributed by atoms with van der Waals surface area (Å²) in [7, 11) is -1.74. The number of hydrogen-bond donors (Lipinski definition) is 1.